The summed E-state index contributed by atoms with van der Waals surface area (Å²) in [5.74, 6) is 0.535. The summed E-state index contributed by atoms with van der Waals surface area (Å²) >= 11 is 1.43. The van der Waals surface area contributed by atoms with E-state index < -0.39 is 0 Å². The average molecular weight is 400 g/mol. The van der Waals surface area contributed by atoms with Crippen molar-refractivity contribution in [3.05, 3.63) is 35.4 Å². The Morgan fingerprint density at radius 2 is 2.00 bits per heavy atom. The monoisotopic (exact) mass is 399 g/mol. The normalized spacial score (nSPS) is 23.9. The maximum absolute atomic E-state index is 12.8. The Bertz CT molecular complexity index is 773. The molecule has 150 valence electrons. The molecule has 1 aromatic rings. The SMILES string of the molecule is C[C@H](NC1=NC(=O)C(CC(=O)N2CCc3ccccc3C2)S1)C1CCCCC1. The van der Waals surface area contributed by atoms with Crippen LogP contribution in [0, 0.1) is 5.92 Å². The summed E-state index contributed by atoms with van der Waals surface area (Å²) < 4.78 is 0. The van der Waals surface area contributed by atoms with E-state index in [0.29, 0.717) is 23.7 Å². The molecule has 5 nitrogen and oxygen atoms in total. The molecular weight excluding hydrogens is 370 g/mol. The zero-order valence-electron chi connectivity index (χ0n) is 16.5. The van der Waals surface area contributed by atoms with Crippen LogP contribution < -0.4 is 5.32 Å². The van der Waals surface area contributed by atoms with E-state index >= 15 is 0 Å². The summed E-state index contributed by atoms with van der Waals surface area (Å²) in [4.78, 5) is 31.2. The lowest BCUT2D eigenvalue weighted by Gasteiger charge is -2.29. The van der Waals surface area contributed by atoms with Crippen molar-refractivity contribution in [1.29, 1.82) is 0 Å². The molecule has 2 amide bonds. The largest absolute Gasteiger partial charge is 0.362 e. The molecule has 0 aromatic heterocycles. The van der Waals surface area contributed by atoms with Crippen LogP contribution in [-0.4, -0.2) is 39.7 Å². The molecule has 0 saturated heterocycles. The van der Waals surface area contributed by atoms with Crippen molar-refractivity contribution in [2.75, 3.05) is 6.54 Å². The Labute approximate surface area is 171 Å². The first kappa shape index (κ1) is 19.5. The third kappa shape index (κ3) is 4.43. The van der Waals surface area contributed by atoms with E-state index in [2.05, 4.69) is 29.4 Å². The van der Waals surface area contributed by atoms with Gasteiger partial charge in [-0.05, 0) is 43.2 Å². The van der Waals surface area contributed by atoms with Gasteiger partial charge in [0.25, 0.3) is 5.91 Å². The van der Waals surface area contributed by atoms with Crippen LogP contribution in [0.1, 0.15) is 56.6 Å². The minimum Gasteiger partial charge on any atom is -0.362 e. The molecule has 3 aliphatic rings. The third-order valence-electron chi connectivity index (χ3n) is 6.29. The van der Waals surface area contributed by atoms with Crippen LogP contribution in [0.15, 0.2) is 29.3 Å². The topological polar surface area (TPSA) is 61.8 Å². The standard InChI is InChI=1S/C22H29N3O2S/c1-15(16-7-3-2-4-8-16)23-22-24-21(27)19(28-22)13-20(26)25-12-11-17-9-5-6-10-18(17)14-25/h5-6,9-10,15-16,19H,2-4,7-8,11-14H2,1H3,(H,23,24,27)/t15-,19?/m0/s1. The predicted octanol–water partition coefficient (Wildman–Crippen LogP) is 3.52. The van der Waals surface area contributed by atoms with E-state index in [-0.39, 0.29) is 23.5 Å². The minimum absolute atomic E-state index is 0.0529. The van der Waals surface area contributed by atoms with Gasteiger partial charge in [-0.2, -0.15) is 4.99 Å². The van der Waals surface area contributed by atoms with Gasteiger partial charge in [-0.25, -0.2) is 0 Å². The molecule has 1 fully saturated rings. The van der Waals surface area contributed by atoms with Gasteiger partial charge >= 0.3 is 0 Å². The summed E-state index contributed by atoms with van der Waals surface area (Å²) in [5.41, 5.74) is 2.54. The molecule has 28 heavy (non-hydrogen) atoms. The molecule has 1 saturated carbocycles. The second kappa shape index (κ2) is 8.68. The maximum Gasteiger partial charge on any atom is 0.262 e. The number of hydrogen-bond acceptors (Lipinski definition) is 4. The highest BCUT2D eigenvalue weighted by atomic mass is 32.2. The molecule has 0 bridgehead atoms. The molecule has 1 aliphatic carbocycles. The van der Waals surface area contributed by atoms with Gasteiger partial charge in [0.05, 0.1) is 0 Å². The molecule has 2 aliphatic heterocycles. The fraction of sp³-hybridized carbons (Fsp3) is 0.591. The lowest BCUT2D eigenvalue weighted by molar-refractivity contribution is -0.133. The minimum atomic E-state index is -0.384. The number of amides is 2. The Kier molecular flexibility index (Phi) is 6.04. The first-order valence-corrected chi connectivity index (χ1v) is 11.4. The van der Waals surface area contributed by atoms with Crippen LogP contribution in [0.4, 0.5) is 0 Å². The molecule has 1 aromatic carbocycles. The van der Waals surface area contributed by atoms with E-state index in [0.717, 1.165) is 13.0 Å². The van der Waals surface area contributed by atoms with E-state index in [4.69, 9.17) is 0 Å². The van der Waals surface area contributed by atoms with Gasteiger partial charge in [-0.3, -0.25) is 9.59 Å². The molecule has 1 N–H and O–H groups in total. The van der Waals surface area contributed by atoms with Crippen LogP contribution in [0.3, 0.4) is 0 Å². The van der Waals surface area contributed by atoms with Crippen LogP contribution in [0.25, 0.3) is 0 Å². The Morgan fingerprint density at radius 3 is 2.79 bits per heavy atom. The molecule has 0 radical (unpaired) electrons. The van der Waals surface area contributed by atoms with Crippen molar-refractivity contribution in [3.63, 3.8) is 0 Å². The third-order valence-corrected chi connectivity index (χ3v) is 7.38. The number of thioether (sulfide) groups is 1. The van der Waals surface area contributed by atoms with Gasteiger partial charge in [0, 0.05) is 25.6 Å². The smallest absolute Gasteiger partial charge is 0.262 e. The van der Waals surface area contributed by atoms with Crippen molar-refractivity contribution >= 4 is 28.7 Å². The summed E-state index contributed by atoms with van der Waals surface area (Å²) in [5, 5.41) is 3.76. The van der Waals surface area contributed by atoms with Crippen molar-refractivity contribution in [2.45, 2.75) is 69.7 Å². The molecule has 0 spiro atoms. The number of amidine groups is 1. The first-order valence-electron chi connectivity index (χ1n) is 10.5. The number of hydrogen-bond donors (Lipinski definition) is 1. The number of fused-ring (bicyclic) bond motifs is 1. The van der Waals surface area contributed by atoms with Crippen LogP contribution in [0.2, 0.25) is 0 Å². The molecular formula is C22H29N3O2S. The number of carbonyl (C=O) groups is 2. The van der Waals surface area contributed by atoms with Crippen molar-refractivity contribution in [3.8, 4) is 0 Å². The quantitative estimate of drug-likeness (QED) is 0.842. The molecule has 1 unspecified atom stereocenters. The van der Waals surface area contributed by atoms with Gasteiger partial charge in [0.1, 0.15) is 5.25 Å². The predicted molar refractivity (Wildman–Crippen MR) is 113 cm³/mol. The summed E-state index contributed by atoms with van der Waals surface area (Å²) in [6, 6.07) is 8.61. The van der Waals surface area contributed by atoms with E-state index in [1.54, 1.807) is 0 Å². The van der Waals surface area contributed by atoms with Crippen LogP contribution in [0.5, 0.6) is 0 Å². The van der Waals surface area contributed by atoms with Crippen LogP contribution >= 0.6 is 11.8 Å². The summed E-state index contributed by atoms with van der Waals surface area (Å²) in [6.45, 7) is 3.56. The number of aliphatic imine (C=N–C) groups is 1. The van der Waals surface area contributed by atoms with Crippen molar-refractivity contribution in [2.24, 2.45) is 10.9 Å². The Balaban J connectivity index is 1.29. The fourth-order valence-corrected chi connectivity index (χ4v) is 5.57. The number of nitrogens with zero attached hydrogens (tertiary/aromatic N) is 2. The zero-order valence-corrected chi connectivity index (χ0v) is 17.3. The zero-order chi connectivity index (χ0) is 19.5. The lowest BCUT2D eigenvalue weighted by atomic mass is 9.85. The molecule has 2 atom stereocenters. The second-order valence-corrected chi connectivity index (χ2v) is 9.42. The lowest BCUT2D eigenvalue weighted by Crippen LogP contribution is -2.38. The number of nitrogens with one attached hydrogen (secondary N) is 1. The highest BCUT2D eigenvalue weighted by Gasteiger charge is 2.34. The maximum atomic E-state index is 12.8. The van der Waals surface area contributed by atoms with Crippen molar-refractivity contribution in [1.82, 2.24) is 10.2 Å². The van der Waals surface area contributed by atoms with E-state index in [9.17, 15) is 9.59 Å². The van der Waals surface area contributed by atoms with Gasteiger partial charge in [-0.1, -0.05) is 55.3 Å². The molecule has 6 heteroatoms. The van der Waals surface area contributed by atoms with Crippen LogP contribution in [-0.2, 0) is 22.6 Å². The van der Waals surface area contributed by atoms with Gasteiger partial charge < -0.3 is 10.2 Å². The second-order valence-electron chi connectivity index (χ2n) is 8.23. The van der Waals surface area contributed by atoms with E-state index in [1.165, 1.54) is 55.0 Å². The number of rotatable bonds is 4. The average Bonchev–Trinajstić information content (AvgIpc) is 3.06. The summed E-state index contributed by atoms with van der Waals surface area (Å²) in [7, 11) is 0. The Hall–Kier alpha value is -1.82. The summed E-state index contributed by atoms with van der Waals surface area (Å²) in [6.07, 6.45) is 7.55. The number of carbonyl (C=O) groups excluding carboxylic acids is 2. The van der Waals surface area contributed by atoms with Gasteiger partial charge in [0.2, 0.25) is 5.91 Å². The highest BCUT2D eigenvalue weighted by molar-refractivity contribution is 8.15. The Morgan fingerprint density at radius 1 is 1.25 bits per heavy atom. The van der Waals surface area contributed by atoms with Gasteiger partial charge in [-0.15, -0.1) is 0 Å². The molecule has 4 rings (SSSR count). The molecule has 2 heterocycles. The van der Waals surface area contributed by atoms with Gasteiger partial charge in [0.15, 0.2) is 5.17 Å². The highest BCUT2D eigenvalue weighted by Crippen LogP contribution is 2.30. The van der Waals surface area contributed by atoms with Crippen molar-refractivity contribution < 1.29 is 9.59 Å². The fourth-order valence-electron chi connectivity index (χ4n) is 4.52. The first-order chi connectivity index (χ1) is 13.6. The number of benzene rings is 1. The van der Waals surface area contributed by atoms with E-state index in [1.807, 2.05) is 17.0 Å².